The van der Waals surface area contributed by atoms with Crippen molar-refractivity contribution in [3.8, 4) is 28.2 Å². The Morgan fingerprint density at radius 1 is 0.649 bits per heavy atom. The maximum atomic E-state index is 5.11. The van der Waals surface area contributed by atoms with Gasteiger partial charge < -0.3 is 4.90 Å². The van der Waals surface area contributed by atoms with Gasteiger partial charge >= 0.3 is 0 Å². The van der Waals surface area contributed by atoms with Crippen LogP contribution in [0.5, 0.6) is 0 Å². The standard InChI is InChI=1S/C33H22N4/c1-36-28-17-8-16-27-32(28)37(33(35-27)21-10-3-2-4-11-21)29-18-7-14-25(31(29)36)26-20-22-12-5-6-13-23(22)30-24(26)15-9-19-34-30/h2-20H,1H3. The van der Waals surface area contributed by atoms with Gasteiger partial charge in [-0.2, -0.15) is 0 Å². The summed E-state index contributed by atoms with van der Waals surface area (Å²) in [5.74, 6) is 0.958. The smallest absolute Gasteiger partial charge is 0.145 e. The molecular weight excluding hydrogens is 452 g/mol. The van der Waals surface area contributed by atoms with Crippen LogP contribution in [0.25, 0.3) is 60.9 Å². The van der Waals surface area contributed by atoms with Gasteiger partial charge in [0.1, 0.15) is 5.82 Å². The highest BCUT2D eigenvalue weighted by atomic mass is 15.2. The van der Waals surface area contributed by atoms with Crippen LogP contribution in [0.3, 0.4) is 0 Å². The predicted octanol–water partition coefficient (Wildman–Crippen LogP) is 8.14. The number of para-hydroxylation sites is 2. The van der Waals surface area contributed by atoms with E-state index in [2.05, 4.69) is 114 Å². The molecule has 0 spiro atoms. The van der Waals surface area contributed by atoms with Crippen LogP contribution in [0.1, 0.15) is 0 Å². The molecule has 37 heavy (non-hydrogen) atoms. The van der Waals surface area contributed by atoms with E-state index in [0.717, 1.165) is 50.4 Å². The van der Waals surface area contributed by atoms with E-state index in [0.29, 0.717) is 0 Å². The van der Waals surface area contributed by atoms with Crippen molar-refractivity contribution in [3.05, 3.63) is 115 Å². The van der Waals surface area contributed by atoms with Crippen molar-refractivity contribution in [3.63, 3.8) is 0 Å². The summed E-state index contributed by atoms with van der Waals surface area (Å²) in [7, 11) is 2.16. The van der Waals surface area contributed by atoms with Crippen LogP contribution in [-0.4, -0.2) is 21.6 Å². The SMILES string of the molecule is CN1c2c(-c3cc4ccccc4c4ncccc34)cccc2-n2c(-c3ccccc3)nc3cccc1c32. The molecule has 0 saturated heterocycles. The van der Waals surface area contributed by atoms with Crippen LogP contribution < -0.4 is 4.90 Å². The first-order valence-electron chi connectivity index (χ1n) is 12.5. The second-order valence-electron chi connectivity index (χ2n) is 9.56. The second-order valence-corrected chi connectivity index (χ2v) is 9.56. The van der Waals surface area contributed by atoms with Crippen molar-refractivity contribution >= 4 is 44.1 Å². The van der Waals surface area contributed by atoms with E-state index in [1.54, 1.807) is 0 Å². The molecule has 4 heteroatoms. The zero-order valence-corrected chi connectivity index (χ0v) is 20.3. The summed E-state index contributed by atoms with van der Waals surface area (Å²) in [5.41, 5.74) is 10.1. The number of benzene rings is 5. The number of anilines is 2. The largest absolute Gasteiger partial charge is 0.341 e. The van der Waals surface area contributed by atoms with Gasteiger partial charge in [-0.25, -0.2) is 4.98 Å². The van der Waals surface area contributed by atoms with Crippen molar-refractivity contribution in [1.29, 1.82) is 0 Å². The molecule has 1 aliphatic heterocycles. The lowest BCUT2D eigenvalue weighted by Gasteiger charge is -2.32. The summed E-state index contributed by atoms with van der Waals surface area (Å²) in [6.45, 7) is 0. The Morgan fingerprint density at radius 3 is 2.35 bits per heavy atom. The molecule has 3 heterocycles. The van der Waals surface area contributed by atoms with E-state index in [-0.39, 0.29) is 0 Å². The molecule has 1 aliphatic rings. The Morgan fingerprint density at radius 2 is 1.43 bits per heavy atom. The Bertz CT molecular complexity index is 2000. The molecule has 0 N–H and O–H groups in total. The number of aromatic nitrogens is 3. The van der Waals surface area contributed by atoms with E-state index in [1.165, 1.54) is 21.9 Å². The summed E-state index contributed by atoms with van der Waals surface area (Å²) in [6, 6.07) is 38.5. The molecule has 0 saturated carbocycles. The minimum absolute atomic E-state index is 0.958. The van der Waals surface area contributed by atoms with E-state index in [9.17, 15) is 0 Å². The first-order chi connectivity index (χ1) is 18.3. The number of pyridine rings is 1. The molecule has 5 aromatic carbocycles. The molecule has 0 aliphatic carbocycles. The van der Waals surface area contributed by atoms with Gasteiger partial charge in [0.25, 0.3) is 0 Å². The Hall–Kier alpha value is -4.96. The van der Waals surface area contributed by atoms with Gasteiger partial charge in [-0.05, 0) is 41.3 Å². The van der Waals surface area contributed by atoms with Crippen molar-refractivity contribution in [1.82, 2.24) is 14.5 Å². The van der Waals surface area contributed by atoms with Crippen LogP contribution in [0, 0.1) is 0 Å². The number of fused-ring (bicyclic) bond motifs is 5. The van der Waals surface area contributed by atoms with Gasteiger partial charge in [0.2, 0.25) is 0 Å². The zero-order chi connectivity index (χ0) is 24.5. The number of imidazole rings is 1. The van der Waals surface area contributed by atoms with Crippen molar-refractivity contribution in [2.24, 2.45) is 0 Å². The van der Waals surface area contributed by atoms with Gasteiger partial charge in [-0.1, -0.05) is 78.9 Å². The fourth-order valence-corrected chi connectivity index (χ4v) is 5.93. The Labute approximate surface area is 214 Å². The molecule has 0 amide bonds. The molecule has 0 unspecified atom stereocenters. The molecule has 2 aromatic heterocycles. The molecule has 0 radical (unpaired) electrons. The molecule has 0 atom stereocenters. The minimum Gasteiger partial charge on any atom is -0.341 e. The second kappa shape index (κ2) is 7.52. The quantitative estimate of drug-likeness (QED) is 0.237. The fraction of sp³-hybridized carbons (Fsp3) is 0.0303. The molecule has 0 fully saturated rings. The summed E-state index contributed by atoms with van der Waals surface area (Å²) in [5, 5.41) is 3.52. The lowest BCUT2D eigenvalue weighted by Crippen LogP contribution is -2.19. The third kappa shape index (κ3) is 2.78. The average molecular weight is 475 g/mol. The monoisotopic (exact) mass is 474 g/mol. The van der Waals surface area contributed by atoms with Crippen LogP contribution in [0.4, 0.5) is 11.4 Å². The van der Waals surface area contributed by atoms with Crippen molar-refractivity contribution in [2.75, 3.05) is 11.9 Å². The lowest BCUT2D eigenvalue weighted by molar-refractivity contribution is 1.05. The number of nitrogens with zero attached hydrogens (tertiary/aromatic N) is 4. The summed E-state index contributed by atoms with van der Waals surface area (Å²) in [6.07, 6.45) is 1.88. The molecular formula is C33H22N4. The van der Waals surface area contributed by atoms with Gasteiger partial charge in [-0.15, -0.1) is 0 Å². The fourth-order valence-electron chi connectivity index (χ4n) is 5.93. The van der Waals surface area contributed by atoms with Crippen molar-refractivity contribution in [2.45, 2.75) is 0 Å². The Balaban J connectivity index is 1.49. The van der Waals surface area contributed by atoms with Crippen LogP contribution in [-0.2, 0) is 0 Å². The average Bonchev–Trinajstić information content (AvgIpc) is 3.36. The van der Waals surface area contributed by atoms with E-state index >= 15 is 0 Å². The first-order valence-corrected chi connectivity index (χ1v) is 12.5. The lowest BCUT2D eigenvalue weighted by atomic mass is 9.93. The van der Waals surface area contributed by atoms with Crippen LogP contribution >= 0.6 is 0 Å². The summed E-state index contributed by atoms with van der Waals surface area (Å²) >= 11 is 0. The summed E-state index contributed by atoms with van der Waals surface area (Å²) in [4.78, 5) is 12.2. The summed E-state index contributed by atoms with van der Waals surface area (Å²) < 4.78 is 2.33. The maximum Gasteiger partial charge on any atom is 0.145 e. The van der Waals surface area contributed by atoms with Gasteiger partial charge in [0.05, 0.1) is 33.6 Å². The number of hydrogen-bond acceptors (Lipinski definition) is 3. The van der Waals surface area contributed by atoms with E-state index in [4.69, 9.17) is 9.97 Å². The predicted molar refractivity (Wildman–Crippen MR) is 153 cm³/mol. The van der Waals surface area contributed by atoms with Crippen LogP contribution in [0.2, 0.25) is 0 Å². The minimum atomic E-state index is 0.958. The molecule has 4 nitrogen and oxygen atoms in total. The topological polar surface area (TPSA) is 34.0 Å². The van der Waals surface area contributed by atoms with E-state index in [1.807, 2.05) is 18.3 Å². The van der Waals surface area contributed by atoms with E-state index < -0.39 is 0 Å². The number of hydrogen-bond donors (Lipinski definition) is 0. The molecule has 174 valence electrons. The van der Waals surface area contributed by atoms with Crippen LogP contribution in [0.15, 0.2) is 115 Å². The highest BCUT2D eigenvalue weighted by molar-refractivity contribution is 6.14. The third-order valence-electron chi connectivity index (χ3n) is 7.54. The number of rotatable bonds is 2. The van der Waals surface area contributed by atoms with Crippen molar-refractivity contribution < 1.29 is 0 Å². The molecule has 7 aromatic rings. The first kappa shape index (κ1) is 20.3. The van der Waals surface area contributed by atoms with Gasteiger partial charge in [0, 0.05) is 35.1 Å². The van der Waals surface area contributed by atoms with Gasteiger partial charge in [0.15, 0.2) is 0 Å². The van der Waals surface area contributed by atoms with Gasteiger partial charge in [-0.3, -0.25) is 9.55 Å². The third-order valence-corrected chi connectivity index (χ3v) is 7.54. The highest BCUT2D eigenvalue weighted by Gasteiger charge is 2.29. The normalized spacial score (nSPS) is 12.4. The zero-order valence-electron chi connectivity index (χ0n) is 20.3. The molecule has 0 bridgehead atoms. The molecule has 8 rings (SSSR count). The Kier molecular flexibility index (Phi) is 4.12. The highest BCUT2D eigenvalue weighted by Crippen LogP contribution is 2.49. The maximum absolute atomic E-state index is 5.11.